The Morgan fingerprint density at radius 2 is 1.83 bits per heavy atom. The molecule has 2 heterocycles. The van der Waals surface area contributed by atoms with Crippen LogP contribution in [0.3, 0.4) is 0 Å². The normalized spacial score (nSPS) is 12.7. The van der Waals surface area contributed by atoms with Crippen molar-refractivity contribution in [3.05, 3.63) is 47.5 Å². The summed E-state index contributed by atoms with van der Waals surface area (Å²) in [6.45, 7) is 1.85. The molecule has 24 heavy (non-hydrogen) atoms. The molecule has 0 aliphatic heterocycles. The number of pyridine rings is 1. The predicted molar refractivity (Wildman–Crippen MR) is 86.5 cm³/mol. The van der Waals surface area contributed by atoms with E-state index < -0.39 is 28.3 Å². The van der Waals surface area contributed by atoms with Crippen molar-refractivity contribution in [3.63, 3.8) is 0 Å². The highest BCUT2D eigenvalue weighted by molar-refractivity contribution is 7.84. The third-order valence-corrected chi connectivity index (χ3v) is 4.99. The second kappa shape index (κ2) is 6.72. The Kier molecular flexibility index (Phi) is 4.66. The monoisotopic (exact) mass is 353 g/mol. The van der Waals surface area contributed by atoms with E-state index in [1.165, 1.54) is 6.20 Å². The summed E-state index contributed by atoms with van der Waals surface area (Å²) >= 11 is 0. The van der Waals surface area contributed by atoms with E-state index in [1.807, 2.05) is 6.92 Å². The van der Waals surface area contributed by atoms with Gasteiger partial charge in [-0.2, -0.15) is 5.10 Å². The van der Waals surface area contributed by atoms with Crippen LogP contribution < -0.4 is 0 Å². The molecule has 3 aromatic rings. The predicted octanol–water partition coefficient (Wildman–Crippen LogP) is 3.35. The van der Waals surface area contributed by atoms with E-state index in [2.05, 4.69) is 15.2 Å². The molecule has 0 saturated carbocycles. The first kappa shape index (κ1) is 16.6. The summed E-state index contributed by atoms with van der Waals surface area (Å²) in [5.41, 5.74) is 2.51. The number of aryl methyl sites for hydroxylation is 1. The molecule has 1 aromatic carbocycles. The lowest BCUT2D eigenvalue weighted by Crippen LogP contribution is -2.03. The molecule has 0 aliphatic rings. The third-order valence-electron chi connectivity index (χ3n) is 3.68. The van der Waals surface area contributed by atoms with E-state index in [4.69, 9.17) is 0 Å². The average molecular weight is 353 g/mol. The van der Waals surface area contributed by atoms with Crippen molar-refractivity contribution in [3.8, 4) is 11.1 Å². The largest absolute Gasteiger partial charge is 0.280 e. The molecule has 0 fully saturated rings. The third kappa shape index (κ3) is 3.19. The Bertz CT molecular complexity index is 903. The number of aromatic amines is 1. The van der Waals surface area contributed by atoms with Crippen LogP contribution in [0.4, 0.5) is 13.2 Å². The van der Waals surface area contributed by atoms with Gasteiger partial charge in [-0.25, -0.2) is 13.2 Å². The molecule has 4 nitrogen and oxygen atoms in total. The highest BCUT2D eigenvalue weighted by Gasteiger charge is 2.14. The number of nitrogens with zero attached hydrogens (tertiary/aromatic N) is 2. The molecule has 1 unspecified atom stereocenters. The molecular formula is C16H14F3N3OS. The number of rotatable bonds is 5. The number of hydrogen-bond acceptors (Lipinski definition) is 3. The van der Waals surface area contributed by atoms with Crippen molar-refractivity contribution in [2.24, 2.45) is 0 Å². The lowest BCUT2D eigenvalue weighted by Gasteiger charge is -2.04. The van der Waals surface area contributed by atoms with E-state index in [0.29, 0.717) is 34.5 Å². The fourth-order valence-electron chi connectivity index (χ4n) is 2.37. The quantitative estimate of drug-likeness (QED) is 0.716. The Balaban J connectivity index is 1.94. The van der Waals surface area contributed by atoms with E-state index >= 15 is 0 Å². The van der Waals surface area contributed by atoms with Crippen molar-refractivity contribution in [1.82, 2.24) is 15.2 Å². The van der Waals surface area contributed by atoms with Crippen molar-refractivity contribution in [1.29, 1.82) is 0 Å². The SMILES string of the molecule is CCS(=O)CCc1[nH]nc2cc(-c3cc(F)c(F)c(F)c3)cnc12. The van der Waals surface area contributed by atoms with Crippen LogP contribution in [0.15, 0.2) is 24.4 Å². The fourth-order valence-corrected chi connectivity index (χ4v) is 3.09. The van der Waals surface area contributed by atoms with E-state index in [0.717, 1.165) is 17.8 Å². The van der Waals surface area contributed by atoms with Gasteiger partial charge in [-0.3, -0.25) is 14.3 Å². The maximum Gasteiger partial charge on any atom is 0.194 e. The Labute approximate surface area is 138 Å². The smallest absolute Gasteiger partial charge is 0.194 e. The number of H-pyrrole nitrogens is 1. The zero-order valence-electron chi connectivity index (χ0n) is 12.8. The summed E-state index contributed by atoms with van der Waals surface area (Å²) in [6.07, 6.45) is 1.99. The van der Waals surface area contributed by atoms with Crippen LogP contribution in [0.5, 0.6) is 0 Å². The molecule has 1 atom stereocenters. The zero-order valence-corrected chi connectivity index (χ0v) is 13.6. The second-order valence-electron chi connectivity index (χ2n) is 5.23. The van der Waals surface area contributed by atoms with Crippen molar-refractivity contribution < 1.29 is 17.4 Å². The van der Waals surface area contributed by atoms with Crippen molar-refractivity contribution >= 4 is 21.8 Å². The van der Waals surface area contributed by atoms with Gasteiger partial charge in [-0.1, -0.05) is 6.92 Å². The molecule has 1 N–H and O–H groups in total. The summed E-state index contributed by atoms with van der Waals surface area (Å²) in [4.78, 5) is 4.27. The van der Waals surface area contributed by atoms with Gasteiger partial charge in [-0.05, 0) is 23.8 Å². The molecule has 3 rings (SSSR count). The summed E-state index contributed by atoms with van der Waals surface area (Å²) in [5, 5.41) is 6.97. The van der Waals surface area contributed by atoms with E-state index in [1.54, 1.807) is 6.07 Å². The number of aromatic nitrogens is 3. The molecular weight excluding hydrogens is 339 g/mol. The van der Waals surface area contributed by atoms with Gasteiger partial charge < -0.3 is 0 Å². The van der Waals surface area contributed by atoms with Crippen LogP contribution >= 0.6 is 0 Å². The highest BCUT2D eigenvalue weighted by atomic mass is 32.2. The summed E-state index contributed by atoms with van der Waals surface area (Å²) in [5.74, 6) is -2.92. The average Bonchev–Trinajstić information content (AvgIpc) is 2.99. The van der Waals surface area contributed by atoms with Gasteiger partial charge in [0.25, 0.3) is 0 Å². The van der Waals surface area contributed by atoms with Gasteiger partial charge in [0.1, 0.15) is 11.0 Å². The summed E-state index contributed by atoms with van der Waals surface area (Å²) < 4.78 is 51.3. The van der Waals surface area contributed by atoms with Crippen molar-refractivity contribution in [2.45, 2.75) is 13.3 Å². The minimum atomic E-state index is -1.50. The molecule has 0 aliphatic carbocycles. The van der Waals surface area contributed by atoms with Gasteiger partial charge in [0.05, 0.1) is 5.69 Å². The minimum Gasteiger partial charge on any atom is -0.280 e. The zero-order chi connectivity index (χ0) is 17.3. The molecule has 8 heteroatoms. The number of halogens is 3. The topological polar surface area (TPSA) is 58.6 Å². The van der Waals surface area contributed by atoms with Crippen LogP contribution in [0.1, 0.15) is 12.6 Å². The van der Waals surface area contributed by atoms with E-state index in [-0.39, 0.29) is 5.56 Å². The first-order valence-electron chi connectivity index (χ1n) is 7.32. The summed E-state index contributed by atoms with van der Waals surface area (Å²) in [6, 6.07) is 3.45. The molecule has 0 bridgehead atoms. The van der Waals surface area contributed by atoms with Gasteiger partial charge in [0.15, 0.2) is 17.5 Å². The fraction of sp³-hybridized carbons (Fsp3) is 0.250. The number of nitrogens with one attached hydrogen (secondary N) is 1. The van der Waals surface area contributed by atoms with Gasteiger partial charge in [0, 0.05) is 40.5 Å². The summed E-state index contributed by atoms with van der Waals surface area (Å²) in [7, 11) is -0.891. The minimum absolute atomic E-state index is 0.178. The van der Waals surface area contributed by atoms with Crippen LogP contribution in [0, 0.1) is 17.5 Å². The van der Waals surface area contributed by atoms with Crippen LogP contribution in [-0.4, -0.2) is 30.9 Å². The molecule has 0 amide bonds. The Morgan fingerprint density at radius 1 is 1.12 bits per heavy atom. The molecule has 2 aromatic heterocycles. The molecule has 0 radical (unpaired) electrons. The number of hydrogen-bond donors (Lipinski definition) is 1. The van der Waals surface area contributed by atoms with Crippen molar-refractivity contribution in [2.75, 3.05) is 11.5 Å². The maximum absolute atomic E-state index is 13.4. The molecule has 0 saturated heterocycles. The standard InChI is InChI=1S/C16H14F3N3OS/c1-2-24(23)4-3-13-16-14(22-21-13)7-10(8-20-16)9-5-11(17)15(19)12(18)6-9/h5-8H,2-4H2,1H3,(H,21,22). The van der Waals surface area contributed by atoms with E-state index in [9.17, 15) is 17.4 Å². The molecule has 0 spiro atoms. The molecule has 126 valence electrons. The van der Waals surface area contributed by atoms with Crippen LogP contribution in [-0.2, 0) is 17.2 Å². The number of benzene rings is 1. The maximum atomic E-state index is 13.4. The van der Waals surface area contributed by atoms with Crippen LogP contribution in [0.25, 0.3) is 22.2 Å². The first-order valence-corrected chi connectivity index (χ1v) is 8.81. The lowest BCUT2D eigenvalue weighted by atomic mass is 10.1. The lowest BCUT2D eigenvalue weighted by molar-refractivity contribution is 0.447. The van der Waals surface area contributed by atoms with Gasteiger partial charge in [-0.15, -0.1) is 0 Å². The highest BCUT2D eigenvalue weighted by Crippen LogP contribution is 2.26. The van der Waals surface area contributed by atoms with Gasteiger partial charge in [0.2, 0.25) is 0 Å². The Morgan fingerprint density at radius 3 is 2.50 bits per heavy atom. The first-order chi connectivity index (χ1) is 11.5. The van der Waals surface area contributed by atoms with Crippen LogP contribution in [0.2, 0.25) is 0 Å². The Hall–Kier alpha value is -2.22. The van der Waals surface area contributed by atoms with Gasteiger partial charge >= 0.3 is 0 Å². The number of fused-ring (bicyclic) bond motifs is 1. The second-order valence-corrected chi connectivity index (χ2v) is 7.10.